The molecule has 114 valence electrons. The quantitative estimate of drug-likeness (QED) is 0.908. The molecule has 1 aromatic rings. The van der Waals surface area contributed by atoms with Crippen molar-refractivity contribution in [3.05, 3.63) is 35.4 Å². The summed E-state index contributed by atoms with van der Waals surface area (Å²) >= 11 is 0. The van der Waals surface area contributed by atoms with Crippen LogP contribution in [0.1, 0.15) is 49.3 Å². The van der Waals surface area contributed by atoms with Gasteiger partial charge >= 0.3 is 0 Å². The van der Waals surface area contributed by atoms with E-state index in [2.05, 4.69) is 29.2 Å². The summed E-state index contributed by atoms with van der Waals surface area (Å²) < 4.78 is 6.01. The van der Waals surface area contributed by atoms with Gasteiger partial charge in [-0.2, -0.15) is 0 Å². The van der Waals surface area contributed by atoms with E-state index >= 15 is 0 Å². The predicted octanol–water partition coefficient (Wildman–Crippen LogP) is 2.68. The van der Waals surface area contributed by atoms with E-state index in [9.17, 15) is 5.11 Å². The number of benzene rings is 1. The molecule has 0 bridgehead atoms. The highest BCUT2D eigenvalue weighted by molar-refractivity contribution is 5.31. The molecular weight excluding hydrogens is 262 g/mol. The maximum Gasteiger partial charge on any atom is 0.0855 e. The first-order valence-electron chi connectivity index (χ1n) is 8.39. The van der Waals surface area contributed by atoms with E-state index in [1.165, 1.54) is 30.5 Å². The van der Waals surface area contributed by atoms with Crippen molar-refractivity contribution in [3.63, 3.8) is 0 Å². The minimum Gasteiger partial charge on any atom is -0.390 e. The zero-order valence-corrected chi connectivity index (χ0v) is 12.6. The highest BCUT2D eigenvalue weighted by Crippen LogP contribution is 2.41. The Bertz CT molecular complexity index is 518. The van der Waals surface area contributed by atoms with Crippen molar-refractivity contribution >= 4 is 0 Å². The van der Waals surface area contributed by atoms with Crippen LogP contribution in [-0.4, -0.2) is 41.3 Å². The van der Waals surface area contributed by atoms with Gasteiger partial charge in [0.1, 0.15) is 0 Å². The van der Waals surface area contributed by atoms with Crippen LogP contribution in [0.15, 0.2) is 24.3 Å². The van der Waals surface area contributed by atoms with E-state index in [0.717, 1.165) is 38.8 Å². The lowest BCUT2D eigenvalue weighted by Crippen LogP contribution is -2.48. The average Bonchev–Trinajstić information content (AvgIpc) is 2.94. The summed E-state index contributed by atoms with van der Waals surface area (Å²) in [6.07, 6.45) is 6.21. The van der Waals surface area contributed by atoms with E-state index < -0.39 is 5.60 Å². The fraction of sp³-hybridized carbons (Fsp3) is 0.667. The molecule has 0 amide bonds. The number of rotatable bonds is 2. The second kappa shape index (κ2) is 5.38. The third-order valence-electron chi connectivity index (χ3n) is 5.64. The summed E-state index contributed by atoms with van der Waals surface area (Å²) in [7, 11) is 0. The van der Waals surface area contributed by atoms with E-state index in [1.54, 1.807) is 0 Å². The molecule has 1 N–H and O–H groups in total. The van der Waals surface area contributed by atoms with Gasteiger partial charge in [-0.25, -0.2) is 0 Å². The summed E-state index contributed by atoms with van der Waals surface area (Å²) in [5.41, 5.74) is 2.15. The number of ether oxygens (including phenoxy) is 1. The molecule has 3 atom stereocenters. The lowest BCUT2D eigenvalue weighted by molar-refractivity contribution is -0.0845. The third kappa shape index (κ3) is 2.63. The molecule has 3 heteroatoms. The van der Waals surface area contributed by atoms with E-state index in [4.69, 9.17) is 4.74 Å². The lowest BCUT2D eigenvalue weighted by Gasteiger charge is -2.43. The van der Waals surface area contributed by atoms with Crippen LogP contribution in [0.5, 0.6) is 0 Å². The Morgan fingerprint density at radius 2 is 2.19 bits per heavy atom. The SMILES string of the molecule is OC1(CC2OCCc3ccccc32)CCN2CCCC2C1. The van der Waals surface area contributed by atoms with E-state index in [1.807, 2.05) is 0 Å². The largest absolute Gasteiger partial charge is 0.390 e. The first-order valence-corrected chi connectivity index (χ1v) is 8.39. The molecule has 1 aromatic carbocycles. The first-order chi connectivity index (χ1) is 10.2. The van der Waals surface area contributed by atoms with Crippen molar-refractivity contribution in [2.75, 3.05) is 19.7 Å². The van der Waals surface area contributed by atoms with Gasteiger partial charge in [-0.05, 0) is 49.8 Å². The summed E-state index contributed by atoms with van der Waals surface area (Å²) in [6, 6.07) is 9.17. The van der Waals surface area contributed by atoms with Crippen LogP contribution in [0.2, 0.25) is 0 Å². The van der Waals surface area contributed by atoms with Gasteiger partial charge in [-0.15, -0.1) is 0 Å². The van der Waals surface area contributed by atoms with Crippen LogP contribution in [0, 0.1) is 0 Å². The van der Waals surface area contributed by atoms with Crippen molar-refractivity contribution in [2.45, 2.75) is 56.3 Å². The Kier molecular flexibility index (Phi) is 3.52. The van der Waals surface area contributed by atoms with Crippen LogP contribution in [0.4, 0.5) is 0 Å². The minimum absolute atomic E-state index is 0.0768. The highest BCUT2D eigenvalue weighted by Gasteiger charge is 2.42. The monoisotopic (exact) mass is 287 g/mol. The second-order valence-corrected chi connectivity index (χ2v) is 7.02. The van der Waals surface area contributed by atoms with E-state index in [-0.39, 0.29) is 6.10 Å². The van der Waals surface area contributed by atoms with Gasteiger partial charge in [0.2, 0.25) is 0 Å². The van der Waals surface area contributed by atoms with Crippen molar-refractivity contribution in [1.82, 2.24) is 4.90 Å². The van der Waals surface area contributed by atoms with Crippen LogP contribution >= 0.6 is 0 Å². The van der Waals surface area contributed by atoms with Crippen molar-refractivity contribution in [3.8, 4) is 0 Å². The molecule has 0 spiro atoms. The fourth-order valence-electron chi connectivity index (χ4n) is 4.49. The first kappa shape index (κ1) is 13.7. The van der Waals surface area contributed by atoms with Gasteiger partial charge in [0.25, 0.3) is 0 Å². The topological polar surface area (TPSA) is 32.7 Å². The standard InChI is InChI=1S/C18H25NO2/c20-18(8-10-19-9-3-5-15(19)12-18)13-17-16-6-2-1-4-14(16)7-11-21-17/h1-2,4,6,15,17,20H,3,5,7-13H2. The summed E-state index contributed by atoms with van der Waals surface area (Å²) in [5, 5.41) is 11.1. The number of nitrogens with zero attached hydrogens (tertiary/aromatic N) is 1. The molecule has 0 saturated carbocycles. The lowest BCUT2D eigenvalue weighted by atomic mass is 9.80. The number of hydrogen-bond acceptors (Lipinski definition) is 3. The molecular formula is C18H25NO2. The van der Waals surface area contributed by atoms with Gasteiger partial charge in [-0.3, -0.25) is 0 Å². The Hall–Kier alpha value is -0.900. The van der Waals surface area contributed by atoms with Gasteiger partial charge in [0, 0.05) is 19.0 Å². The molecule has 3 aliphatic heterocycles. The summed E-state index contributed by atoms with van der Waals surface area (Å²) in [6.45, 7) is 3.06. The van der Waals surface area contributed by atoms with Crippen molar-refractivity contribution < 1.29 is 9.84 Å². The third-order valence-corrected chi connectivity index (χ3v) is 5.64. The zero-order chi connectivity index (χ0) is 14.3. The molecule has 0 aliphatic carbocycles. The maximum atomic E-state index is 11.1. The van der Waals surface area contributed by atoms with Gasteiger partial charge in [-0.1, -0.05) is 24.3 Å². The molecule has 3 heterocycles. The normalized spacial score (nSPS) is 36.2. The van der Waals surface area contributed by atoms with Crippen LogP contribution < -0.4 is 0 Å². The Balaban J connectivity index is 1.51. The Labute approximate surface area is 126 Å². The second-order valence-electron chi connectivity index (χ2n) is 7.02. The minimum atomic E-state index is -0.541. The molecule has 4 rings (SSSR count). The van der Waals surface area contributed by atoms with Crippen LogP contribution in [0.3, 0.4) is 0 Å². The number of fused-ring (bicyclic) bond motifs is 2. The molecule has 2 saturated heterocycles. The van der Waals surface area contributed by atoms with Crippen molar-refractivity contribution in [2.24, 2.45) is 0 Å². The van der Waals surface area contributed by atoms with Gasteiger partial charge < -0.3 is 14.7 Å². The zero-order valence-electron chi connectivity index (χ0n) is 12.6. The summed E-state index contributed by atoms with van der Waals surface area (Å²) in [4.78, 5) is 2.56. The molecule has 0 aromatic heterocycles. The molecule has 2 fully saturated rings. The number of hydrogen-bond donors (Lipinski definition) is 1. The van der Waals surface area contributed by atoms with Crippen LogP contribution in [-0.2, 0) is 11.2 Å². The smallest absolute Gasteiger partial charge is 0.0855 e. The van der Waals surface area contributed by atoms with Crippen molar-refractivity contribution in [1.29, 1.82) is 0 Å². The Morgan fingerprint density at radius 3 is 3.14 bits per heavy atom. The Morgan fingerprint density at radius 1 is 1.29 bits per heavy atom. The molecule has 21 heavy (non-hydrogen) atoms. The van der Waals surface area contributed by atoms with E-state index in [0.29, 0.717) is 6.04 Å². The molecule has 3 unspecified atom stereocenters. The highest BCUT2D eigenvalue weighted by atomic mass is 16.5. The molecule has 3 aliphatic rings. The molecule has 0 radical (unpaired) electrons. The summed E-state index contributed by atoms with van der Waals surface area (Å²) in [5.74, 6) is 0. The fourth-order valence-corrected chi connectivity index (χ4v) is 4.49. The van der Waals surface area contributed by atoms with Crippen LogP contribution in [0.25, 0.3) is 0 Å². The maximum absolute atomic E-state index is 11.1. The molecule has 3 nitrogen and oxygen atoms in total. The predicted molar refractivity (Wildman–Crippen MR) is 82.2 cm³/mol. The van der Waals surface area contributed by atoms with Gasteiger partial charge in [0.05, 0.1) is 18.3 Å². The number of piperidine rings is 1. The van der Waals surface area contributed by atoms with Gasteiger partial charge in [0.15, 0.2) is 0 Å². The average molecular weight is 287 g/mol. The number of aliphatic hydroxyl groups is 1.